The summed E-state index contributed by atoms with van der Waals surface area (Å²) in [5.41, 5.74) is 2.33. The van der Waals surface area contributed by atoms with Gasteiger partial charge in [0.15, 0.2) is 0 Å². The fraction of sp³-hybridized carbons (Fsp3) is 0.545. The molecule has 0 spiro atoms. The average Bonchev–Trinajstić information content (AvgIpc) is 2.85. The van der Waals surface area contributed by atoms with Gasteiger partial charge in [0.05, 0.1) is 17.6 Å². The lowest BCUT2D eigenvalue weighted by Crippen LogP contribution is -2.10. The van der Waals surface area contributed by atoms with Gasteiger partial charge in [-0.15, -0.1) is 5.10 Å². The summed E-state index contributed by atoms with van der Waals surface area (Å²) in [6, 6.07) is 0. The van der Waals surface area contributed by atoms with Crippen molar-refractivity contribution in [2.45, 2.75) is 32.9 Å². The summed E-state index contributed by atoms with van der Waals surface area (Å²) in [7, 11) is 1.84. The van der Waals surface area contributed by atoms with Crippen LogP contribution in [0.3, 0.4) is 0 Å². The Morgan fingerprint density at radius 3 is 2.82 bits per heavy atom. The smallest absolute Gasteiger partial charge is 0.126 e. The molecule has 6 nitrogen and oxygen atoms in total. The van der Waals surface area contributed by atoms with Gasteiger partial charge < -0.3 is 5.11 Å². The van der Waals surface area contributed by atoms with Crippen LogP contribution in [0.2, 0.25) is 0 Å². The lowest BCUT2D eigenvalue weighted by Gasteiger charge is -2.10. The molecule has 0 radical (unpaired) electrons. The molecule has 0 bridgehead atoms. The quantitative estimate of drug-likeness (QED) is 0.851. The predicted molar refractivity (Wildman–Crippen MR) is 62.3 cm³/mol. The van der Waals surface area contributed by atoms with Crippen molar-refractivity contribution in [1.29, 1.82) is 0 Å². The zero-order chi connectivity index (χ0) is 12.4. The molecule has 2 aromatic heterocycles. The molecule has 0 saturated heterocycles. The number of hydrogen-bond acceptors (Lipinski definition) is 4. The van der Waals surface area contributed by atoms with Crippen LogP contribution in [0, 0.1) is 6.92 Å². The van der Waals surface area contributed by atoms with Crippen LogP contribution in [-0.2, 0) is 13.6 Å². The highest BCUT2D eigenvalue weighted by Gasteiger charge is 2.19. The summed E-state index contributed by atoms with van der Waals surface area (Å²) in [4.78, 5) is 0. The molecule has 2 rings (SSSR count). The van der Waals surface area contributed by atoms with E-state index in [2.05, 4.69) is 22.3 Å². The molecule has 0 aromatic carbocycles. The molecule has 0 aliphatic carbocycles. The average molecular weight is 235 g/mol. The lowest BCUT2D eigenvalue weighted by atomic mass is 10.1. The van der Waals surface area contributed by atoms with E-state index in [-0.39, 0.29) is 0 Å². The first kappa shape index (κ1) is 11.8. The third-order valence-corrected chi connectivity index (χ3v) is 2.71. The fourth-order valence-corrected chi connectivity index (χ4v) is 1.91. The molecular formula is C11H17N5O. The van der Waals surface area contributed by atoms with Gasteiger partial charge in [-0.1, -0.05) is 12.1 Å². The molecule has 6 heteroatoms. The Morgan fingerprint density at radius 1 is 1.47 bits per heavy atom. The van der Waals surface area contributed by atoms with Crippen molar-refractivity contribution in [3.05, 3.63) is 29.3 Å². The third-order valence-electron chi connectivity index (χ3n) is 2.71. The Balaban J connectivity index is 2.33. The molecule has 0 saturated carbocycles. The van der Waals surface area contributed by atoms with Gasteiger partial charge in [0.2, 0.25) is 0 Å². The van der Waals surface area contributed by atoms with Crippen molar-refractivity contribution in [3.63, 3.8) is 0 Å². The normalized spacial score (nSPS) is 12.9. The van der Waals surface area contributed by atoms with Crippen LogP contribution in [-0.4, -0.2) is 29.9 Å². The highest BCUT2D eigenvalue weighted by Crippen LogP contribution is 2.23. The summed E-state index contributed by atoms with van der Waals surface area (Å²) in [6.07, 6.45) is 3.66. The molecule has 1 unspecified atom stereocenters. The highest BCUT2D eigenvalue weighted by atomic mass is 16.3. The van der Waals surface area contributed by atoms with E-state index in [1.807, 2.05) is 20.2 Å². The number of aryl methyl sites for hydroxylation is 3. The molecule has 0 aliphatic rings. The van der Waals surface area contributed by atoms with Crippen LogP contribution in [0.25, 0.3) is 0 Å². The number of nitrogens with zero attached hydrogens (tertiary/aromatic N) is 5. The zero-order valence-corrected chi connectivity index (χ0v) is 10.3. The van der Waals surface area contributed by atoms with Crippen LogP contribution in [0.1, 0.15) is 36.4 Å². The van der Waals surface area contributed by atoms with Crippen LogP contribution >= 0.6 is 0 Å². The minimum Gasteiger partial charge on any atom is -0.382 e. The lowest BCUT2D eigenvalue weighted by molar-refractivity contribution is 0.206. The summed E-state index contributed by atoms with van der Waals surface area (Å²) in [5.74, 6) is 0. The van der Waals surface area contributed by atoms with Crippen LogP contribution in [0.15, 0.2) is 12.4 Å². The van der Waals surface area contributed by atoms with Crippen molar-refractivity contribution in [2.24, 2.45) is 7.05 Å². The molecule has 92 valence electrons. The number of aromatic nitrogens is 5. The first-order chi connectivity index (χ1) is 8.13. The Labute approximate surface area is 99.9 Å². The van der Waals surface area contributed by atoms with Gasteiger partial charge in [0.1, 0.15) is 6.10 Å². The van der Waals surface area contributed by atoms with E-state index in [0.29, 0.717) is 5.69 Å². The molecule has 2 aromatic rings. The zero-order valence-electron chi connectivity index (χ0n) is 10.3. The maximum absolute atomic E-state index is 10.3. The van der Waals surface area contributed by atoms with Crippen molar-refractivity contribution in [2.75, 3.05) is 0 Å². The van der Waals surface area contributed by atoms with Crippen molar-refractivity contribution < 1.29 is 5.11 Å². The van der Waals surface area contributed by atoms with Crippen LogP contribution in [0.5, 0.6) is 0 Å². The van der Waals surface area contributed by atoms with E-state index in [1.54, 1.807) is 15.6 Å². The molecule has 2 heterocycles. The SMILES string of the molecule is CCCn1nncc1C(O)c1cn(C)nc1C. The largest absolute Gasteiger partial charge is 0.382 e. The van der Waals surface area contributed by atoms with Crippen molar-refractivity contribution >= 4 is 0 Å². The summed E-state index contributed by atoms with van der Waals surface area (Å²) in [6.45, 7) is 4.70. The first-order valence-corrected chi connectivity index (χ1v) is 5.70. The van der Waals surface area contributed by atoms with E-state index in [4.69, 9.17) is 0 Å². The molecule has 1 atom stereocenters. The maximum Gasteiger partial charge on any atom is 0.126 e. The molecule has 0 fully saturated rings. The van der Waals surface area contributed by atoms with Gasteiger partial charge in [0, 0.05) is 25.4 Å². The van der Waals surface area contributed by atoms with E-state index in [0.717, 1.165) is 24.2 Å². The Hall–Kier alpha value is -1.69. The van der Waals surface area contributed by atoms with E-state index < -0.39 is 6.10 Å². The second kappa shape index (κ2) is 4.67. The second-order valence-electron chi connectivity index (χ2n) is 4.13. The Morgan fingerprint density at radius 2 is 2.24 bits per heavy atom. The van der Waals surface area contributed by atoms with Gasteiger partial charge >= 0.3 is 0 Å². The van der Waals surface area contributed by atoms with Crippen molar-refractivity contribution in [3.8, 4) is 0 Å². The van der Waals surface area contributed by atoms with Crippen LogP contribution in [0.4, 0.5) is 0 Å². The van der Waals surface area contributed by atoms with Gasteiger partial charge in [-0.25, -0.2) is 4.68 Å². The minimum atomic E-state index is -0.717. The van der Waals surface area contributed by atoms with E-state index in [1.165, 1.54) is 0 Å². The van der Waals surface area contributed by atoms with Gasteiger partial charge in [-0.2, -0.15) is 5.10 Å². The number of aliphatic hydroxyl groups is 1. The summed E-state index contributed by atoms with van der Waals surface area (Å²) in [5, 5.41) is 22.4. The van der Waals surface area contributed by atoms with Gasteiger partial charge in [-0.05, 0) is 13.3 Å². The topological polar surface area (TPSA) is 68.8 Å². The third kappa shape index (κ3) is 2.21. The summed E-state index contributed by atoms with van der Waals surface area (Å²) >= 11 is 0. The molecule has 17 heavy (non-hydrogen) atoms. The van der Waals surface area contributed by atoms with Gasteiger partial charge in [0.25, 0.3) is 0 Å². The van der Waals surface area contributed by atoms with E-state index in [9.17, 15) is 5.11 Å². The minimum absolute atomic E-state index is 0.711. The van der Waals surface area contributed by atoms with Gasteiger partial charge in [-0.3, -0.25) is 4.68 Å². The highest BCUT2D eigenvalue weighted by molar-refractivity contribution is 5.25. The molecule has 0 aliphatic heterocycles. The fourth-order valence-electron chi connectivity index (χ4n) is 1.91. The molecule has 0 amide bonds. The monoisotopic (exact) mass is 235 g/mol. The van der Waals surface area contributed by atoms with Crippen molar-refractivity contribution in [1.82, 2.24) is 24.8 Å². The Kier molecular flexibility index (Phi) is 3.23. The number of aliphatic hydroxyl groups excluding tert-OH is 1. The molecule has 1 N–H and O–H groups in total. The Bertz CT molecular complexity index is 502. The first-order valence-electron chi connectivity index (χ1n) is 5.70. The predicted octanol–water partition coefficient (Wildman–Crippen LogP) is 0.812. The number of rotatable bonds is 4. The van der Waals surface area contributed by atoms with E-state index >= 15 is 0 Å². The second-order valence-corrected chi connectivity index (χ2v) is 4.13. The van der Waals surface area contributed by atoms with Crippen LogP contribution < -0.4 is 0 Å². The number of hydrogen-bond donors (Lipinski definition) is 1. The maximum atomic E-state index is 10.3. The molecular weight excluding hydrogens is 218 g/mol. The summed E-state index contributed by atoms with van der Waals surface area (Å²) < 4.78 is 3.43. The standard InChI is InChI=1S/C11H17N5O/c1-4-5-16-10(6-12-14-16)11(17)9-7-15(3)13-8(9)2/h6-7,11,17H,4-5H2,1-3H3.